The molecule has 0 saturated heterocycles. The van der Waals surface area contributed by atoms with E-state index in [0.29, 0.717) is 6.42 Å². The Kier molecular flexibility index (Phi) is 3.70. The molecule has 1 aromatic rings. The van der Waals surface area contributed by atoms with Gasteiger partial charge in [-0.15, -0.1) is 0 Å². The topological polar surface area (TPSA) is 101 Å². The first-order valence-corrected chi connectivity index (χ1v) is 6.78. The summed E-state index contributed by atoms with van der Waals surface area (Å²) in [7, 11) is 1.00. The Bertz CT molecular complexity index is 619. The molecule has 0 bridgehead atoms. The second-order valence-electron chi connectivity index (χ2n) is 3.11. The van der Waals surface area contributed by atoms with Gasteiger partial charge in [0, 0.05) is 16.7 Å². The van der Waals surface area contributed by atoms with Crippen LogP contribution >= 0.6 is 10.7 Å². The molecule has 0 heterocycles. The summed E-state index contributed by atoms with van der Waals surface area (Å²) in [5.74, 6) is 0. The van der Waals surface area contributed by atoms with E-state index in [1.54, 1.807) is 6.92 Å². The van der Waals surface area contributed by atoms with Gasteiger partial charge in [0.2, 0.25) is 0 Å². The van der Waals surface area contributed by atoms with Crippen molar-refractivity contribution < 1.29 is 13.3 Å². The number of rotatable bonds is 3. The van der Waals surface area contributed by atoms with Crippen LogP contribution < -0.4 is 0 Å². The molecule has 0 saturated carbocycles. The first-order valence-electron chi connectivity index (χ1n) is 4.48. The Balaban J connectivity index is 3.82. The van der Waals surface area contributed by atoms with Gasteiger partial charge < -0.3 is 0 Å². The highest BCUT2D eigenvalue weighted by atomic mass is 35.7. The standard InChI is InChI=1S/C9H7ClN2O4S/c1-2-6-3-4-8(12(13)14)7(5-11)9(6)17(10,15)16/h3-4H,2H2,1H3. The molecule has 1 rings (SSSR count). The molecule has 0 fully saturated rings. The Hall–Kier alpha value is -1.65. The highest BCUT2D eigenvalue weighted by Gasteiger charge is 2.27. The third-order valence-electron chi connectivity index (χ3n) is 2.15. The molecule has 0 aliphatic heterocycles. The number of nitro benzene ring substituents is 1. The van der Waals surface area contributed by atoms with Gasteiger partial charge in [-0.05, 0) is 12.0 Å². The van der Waals surface area contributed by atoms with Crippen molar-refractivity contribution in [3.8, 4) is 6.07 Å². The molecule has 0 aliphatic carbocycles. The van der Waals surface area contributed by atoms with E-state index in [9.17, 15) is 18.5 Å². The average Bonchev–Trinajstić information content (AvgIpc) is 2.25. The zero-order chi connectivity index (χ0) is 13.2. The van der Waals surface area contributed by atoms with E-state index in [4.69, 9.17) is 15.9 Å². The van der Waals surface area contributed by atoms with Gasteiger partial charge in [0.1, 0.15) is 16.5 Å². The van der Waals surface area contributed by atoms with E-state index >= 15 is 0 Å². The summed E-state index contributed by atoms with van der Waals surface area (Å²) in [6, 6.07) is 3.91. The smallest absolute Gasteiger partial charge is 0.258 e. The molecule has 0 aromatic heterocycles. The van der Waals surface area contributed by atoms with E-state index in [2.05, 4.69) is 0 Å². The first-order chi connectivity index (χ1) is 7.82. The van der Waals surface area contributed by atoms with Gasteiger partial charge in [-0.25, -0.2) is 8.42 Å². The minimum atomic E-state index is -4.20. The van der Waals surface area contributed by atoms with Gasteiger partial charge in [0.05, 0.1) is 4.92 Å². The molecule has 0 N–H and O–H groups in total. The monoisotopic (exact) mass is 274 g/mol. The summed E-state index contributed by atoms with van der Waals surface area (Å²) in [6.07, 6.45) is 0.300. The largest absolute Gasteiger partial charge is 0.288 e. The summed E-state index contributed by atoms with van der Waals surface area (Å²) in [4.78, 5) is 9.39. The zero-order valence-corrected chi connectivity index (χ0v) is 10.2. The molecule has 8 heteroatoms. The van der Waals surface area contributed by atoms with Crippen LogP contribution in [-0.4, -0.2) is 13.3 Å². The van der Waals surface area contributed by atoms with Crippen molar-refractivity contribution in [2.24, 2.45) is 0 Å². The third kappa shape index (κ3) is 2.54. The summed E-state index contributed by atoms with van der Waals surface area (Å²) >= 11 is 0. The van der Waals surface area contributed by atoms with Crippen molar-refractivity contribution in [1.82, 2.24) is 0 Å². The molecule has 0 unspecified atom stereocenters. The van der Waals surface area contributed by atoms with Crippen molar-refractivity contribution in [2.75, 3.05) is 0 Å². The predicted molar refractivity (Wildman–Crippen MR) is 60.2 cm³/mol. The van der Waals surface area contributed by atoms with Crippen molar-refractivity contribution in [3.05, 3.63) is 33.4 Å². The Morgan fingerprint density at radius 3 is 2.47 bits per heavy atom. The minimum absolute atomic E-state index is 0.280. The number of hydrogen-bond acceptors (Lipinski definition) is 5. The normalized spacial score (nSPS) is 10.9. The molecule has 0 atom stereocenters. The molecule has 0 aliphatic rings. The maximum absolute atomic E-state index is 11.4. The maximum atomic E-state index is 11.4. The van der Waals surface area contributed by atoms with Crippen LogP contribution in [0.5, 0.6) is 0 Å². The van der Waals surface area contributed by atoms with Crippen molar-refractivity contribution in [3.63, 3.8) is 0 Å². The second-order valence-corrected chi connectivity index (χ2v) is 5.61. The Labute approximate surface area is 102 Å². The first kappa shape index (κ1) is 13.4. The Morgan fingerprint density at radius 1 is 1.53 bits per heavy atom. The van der Waals surface area contributed by atoms with Crippen molar-refractivity contribution in [1.29, 1.82) is 5.26 Å². The SMILES string of the molecule is CCc1ccc([N+](=O)[O-])c(C#N)c1S(=O)(=O)Cl. The molecule has 0 amide bonds. The van der Waals surface area contributed by atoms with Crippen molar-refractivity contribution in [2.45, 2.75) is 18.2 Å². The lowest BCUT2D eigenvalue weighted by atomic mass is 10.1. The quantitative estimate of drug-likeness (QED) is 0.476. The van der Waals surface area contributed by atoms with Gasteiger partial charge in [-0.3, -0.25) is 10.1 Å². The second kappa shape index (κ2) is 4.69. The van der Waals surface area contributed by atoms with Gasteiger partial charge in [-0.2, -0.15) is 5.26 Å². The van der Waals surface area contributed by atoms with Gasteiger partial charge in [0.25, 0.3) is 14.7 Å². The molecule has 6 nitrogen and oxygen atoms in total. The average molecular weight is 275 g/mol. The van der Waals surface area contributed by atoms with Crippen LogP contribution in [0.4, 0.5) is 5.69 Å². The number of halogens is 1. The summed E-state index contributed by atoms with van der Waals surface area (Å²) in [5.41, 5.74) is -0.810. The van der Waals surface area contributed by atoms with Crippen LogP contribution in [0.2, 0.25) is 0 Å². The van der Waals surface area contributed by atoms with Crippen LogP contribution in [0.15, 0.2) is 17.0 Å². The van der Waals surface area contributed by atoms with Crippen LogP contribution in [0, 0.1) is 21.4 Å². The summed E-state index contributed by atoms with van der Waals surface area (Å²) in [5, 5.41) is 19.5. The van der Waals surface area contributed by atoms with E-state index in [-0.39, 0.29) is 5.56 Å². The molecule has 17 heavy (non-hydrogen) atoms. The van der Waals surface area contributed by atoms with Gasteiger partial charge in [0.15, 0.2) is 0 Å². The fourth-order valence-electron chi connectivity index (χ4n) is 1.43. The number of benzene rings is 1. The molecular weight excluding hydrogens is 268 g/mol. The molecule has 90 valence electrons. The molecule has 0 spiro atoms. The van der Waals surface area contributed by atoms with Gasteiger partial charge in [-0.1, -0.05) is 13.0 Å². The zero-order valence-electron chi connectivity index (χ0n) is 8.68. The lowest BCUT2D eigenvalue weighted by Crippen LogP contribution is -2.04. The minimum Gasteiger partial charge on any atom is -0.258 e. The van der Waals surface area contributed by atoms with E-state index in [0.717, 1.165) is 6.07 Å². The van der Waals surface area contributed by atoms with E-state index < -0.39 is 30.1 Å². The number of hydrogen-bond donors (Lipinski definition) is 0. The van der Waals surface area contributed by atoms with Crippen LogP contribution in [0.1, 0.15) is 18.1 Å². The molecule has 0 radical (unpaired) electrons. The Morgan fingerprint density at radius 2 is 2.12 bits per heavy atom. The van der Waals surface area contributed by atoms with E-state index in [1.807, 2.05) is 0 Å². The van der Waals surface area contributed by atoms with Crippen LogP contribution in [0.25, 0.3) is 0 Å². The number of aryl methyl sites for hydroxylation is 1. The fourth-order valence-corrected chi connectivity index (χ4v) is 2.88. The summed E-state index contributed by atoms with van der Waals surface area (Å²) < 4.78 is 22.7. The highest BCUT2D eigenvalue weighted by Crippen LogP contribution is 2.31. The predicted octanol–water partition coefficient (Wildman–Crippen LogP) is 1.96. The molecular formula is C9H7ClN2O4S. The number of nitro groups is 1. The highest BCUT2D eigenvalue weighted by molar-refractivity contribution is 8.13. The van der Waals surface area contributed by atoms with Gasteiger partial charge >= 0.3 is 0 Å². The van der Waals surface area contributed by atoms with Crippen molar-refractivity contribution >= 4 is 25.4 Å². The number of nitrogens with zero attached hydrogens (tertiary/aromatic N) is 2. The van der Waals surface area contributed by atoms with Crippen LogP contribution in [0.3, 0.4) is 0 Å². The summed E-state index contributed by atoms with van der Waals surface area (Å²) in [6.45, 7) is 1.66. The third-order valence-corrected chi connectivity index (χ3v) is 3.57. The fraction of sp³-hybridized carbons (Fsp3) is 0.222. The lowest BCUT2D eigenvalue weighted by Gasteiger charge is -2.06. The molecule has 1 aromatic carbocycles. The van der Waals surface area contributed by atoms with E-state index in [1.165, 1.54) is 12.1 Å². The maximum Gasteiger partial charge on any atom is 0.288 e. The lowest BCUT2D eigenvalue weighted by molar-refractivity contribution is -0.385. The number of nitriles is 1. The van der Waals surface area contributed by atoms with Crippen LogP contribution in [-0.2, 0) is 15.5 Å².